The lowest BCUT2D eigenvalue weighted by Crippen LogP contribution is -2.16. The van der Waals surface area contributed by atoms with Crippen LogP contribution in [0.15, 0.2) is 42.5 Å². The van der Waals surface area contributed by atoms with Crippen molar-refractivity contribution in [1.82, 2.24) is 0 Å². The molecule has 0 aliphatic rings. The number of rotatable bonds is 4. The lowest BCUT2D eigenvalue weighted by Gasteiger charge is -2.10. The van der Waals surface area contributed by atoms with Gasteiger partial charge in [0, 0.05) is 11.8 Å². The molecule has 1 amide bonds. The van der Waals surface area contributed by atoms with Crippen molar-refractivity contribution >= 4 is 17.6 Å². The Morgan fingerprint density at radius 1 is 1.10 bits per heavy atom. The highest BCUT2D eigenvalue weighted by Crippen LogP contribution is 2.18. The van der Waals surface area contributed by atoms with E-state index in [1.54, 1.807) is 18.2 Å². The summed E-state index contributed by atoms with van der Waals surface area (Å²) in [6, 6.07) is 8.91. The summed E-state index contributed by atoms with van der Waals surface area (Å²) in [5.74, 6) is -3.59. The Kier molecular flexibility index (Phi) is 4.27. The number of halogens is 2. The second-order valence-electron chi connectivity index (χ2n) is 4.31. The number of para-hydroxylation sites is 1. The summed E-state index contributed by atoms with van der Waals surface area (Å²) in [6.45, 7) is 0. The standard InChI is InChI=1S/C15H11F2NO3/c16-10-5-6-11(12(17)8-10)15(21)18-13-4-2-1-3-9(13)7-14(19)20/h1-6,8H,7H2,(H,18,21)(H,19,20). The fourth-order valence-electron chi connectivity index (χ4n) is 1.82. The molecule has 0 heterocycles. The Morgan fingerprint density at radius 3 is 2.48 bits per heavy atom. The lowest BCUT2D eigenvalue weighted by atomic mass is 10.1. The largest absolute Gasteiger partial charge is 0.481 e. The van der Waals surface area contributed by atoms with Crippen LogP contribution in [0.4, 0.5) is 14.5 Å². The molecule has 0 spiro atoms. The molecule has 0 fully saturated rings. The predicted octanol–water partition coefficient (Wildman–Crippen LogP) is 2.84. The van der Waals surface area contributed by atoms with Gasteiger partial charge in [-0.1, -0.05) is 18.2 Å². The van der Waals surface area contributed by atoms with Gasteiger partial charge in [-0.2, -0.15) is 0 Å². The molecule has 0 atom stereocenters. The van der Waals surface area contributed by atoms with Crippen molar-refractivity contribution in [2.75, 3.05) is 5.32 Å². The van der Waals surface area contributed by atoms with Crippen LogP contribution >= 0.6 is 0 Å². The summed E-state index contributed by atoms with van der Waals surface area (Å²) in [7, 11) is 0. The maximum absolute atomic E-state index is 13.5. The molecule has 0 saturated carbocycles. The van der Waals surface area contributed by atoms with E-state index >= 15 is 0 Å². The average molecular weight is 291 g/mol. The van der Waals surface area contributed by atoms with Crippen molar-refractivity contribution in [2.45, 2.75) is 6.42 Å². The summed E-state index contributed by atoms with van der Waals surface area (Å²) >= 11 is 0. The molecule has 2 rings (SSSR count). The quantitative estimate of drug-likeness (QED) is 0.910. The number of carboxylic acid groups (broad SMARTS) is 1. The fourth-order valence-corrected chi connectivity index (χ4v) is 1.82. The van der Waals surface area contributed by atoms with Crippen molar-refractivity contribution in [3.05, 3.63) is 65.2 Å². The first kappa shape index (κ1) is 14.6. The van der Waals surface area contributed by atoms with Crippen LogP contribution in [0.1, 0.15) is 15.9 Å². The first-order valence-electron chi connectivity index (χ1n) is 6.03. The SMILES string of the molecule is O=C(O)Cc1ccccc1NC(=O)c1ccc(F)cc1F. The highest BCUT2D eigenvalue weighted by molar-refractivity contribution is 6.05. The minimum atomic E-state index is -1.05. The molecule has 2 aromatic rings. The topological polar surface area (TPSA) is 66.4 Å². The van der Waals surface area contributed by atoms with E-state index in [0.717, 1.165) is 12.1 Å². The maximum Gasteiger partial charge on any atom is 0.307 e. The van der Waals surface area contributed by atoms with Crippen LogP contribution in [-0.2, 0) is 11.2 Å². The Bertz CT molecular complexity index is 701. The van der Waals surface area contributed by atoms with Gasteiger partial charge in [0.1, 0.15) is 11.6 Å². The monoisotopic (exact) mass is 291 g/mol. The van der Waals surface area contributed by atoms with Crippen LogP contribution in [0.2, 0.25) is 0 Å². The van der Waals surface area contributed by atoms with Crippen molar-refractivity contribution in [2.24, 2.45) is 0 Å². The van der Waals surface area contributed by atoms with Gasteiger partial charge in [0.2, 0.25) is 0 Å². The van der Waals surface area contributed by atoms with Gasteiger partial charge >= 0.3 is 5.97 Å². The van der Waals surface area contributed by atoms with E-state index in [0.29, 0.717) is 11.6 Å². The van der Waals surface area contributed by atoms with Gasteiger partial charge in [-0.05, 0) is 23.8 Å². The van der Waals surface area contributed by atoms with E-state index in [2.05, 4.69) is 5.32 Å². The molecule has 2 N–H and O–H groups in total. The minimum absolute atomic E-state index is 0.272. The maximum atomic E-state index is 13.5. The third-order valence-electron chi connectivity index (χ3n) is 2.78. The van der Waals surface area contributed by atoms with E-state index in [-0.39, 0.29) is 17.7 Å². The number of benzene rings is 2. The van der Waals surface area contributed by atoms with E-state index in [1.165, 1.54) is 6.07 Å². The molecular weight excluding hydrogens is 280 g/mol. The Labute approximate surface area is 119 Å². The van der Waals surface area contributed by atoms with Crippen molar-refractivity contribution in [3.8, 4) is 0 Å². The number of carbonyl (C=O) groups is 2. The van der Waals surface area contributed by atoms with Gasteiger partial charge in [0.05, 0.1) is 12.0 Å². The van der Waals surface area contributed by atoms with Gasteiger partial charge in [0.25, 0.3) is 5.91 Å². The van der Waals surface area contributed by atoms with Gasteiger partial charge in [-0.25, -0.2) is 8.78 Å². The van der Waals surface area contributed by atoms with Crippen LogP contribution in [0, 0.1) is 11.6 Å². The van der Waals surface area contributed by atoms with E-state index in [1.807, 2.05) is 0 Å². The van der Waals surface area contributed by atoms with Crippen molar-refractivity contribution < 1.29 is 23.5 Å². The van der Waals surface area contributed by atoms with Crippen LogP contribution in [-0.4, -0.2) is 17.0 Å². The number of carboxylic acids is 1. The molecule has 0 aliphatic heterocycles. The summed E-state index contributed by atoms with van der Waals surface area (Å²) in [5.41, 5.74) is 0.344. The van der Waals surface area contributed by atoms with E-state index in [9.17, 15) is 18.4 Å². The van der Waals surface area contributed by atoms with E-state index in [4.69, 9.17) is 5.11 Å². The van der Waals surface area contributed by atoms with Gasteiger partial charge in [-0.15, -0.1) is 0 Å². The average Bonchev–Trinajstić information content (AvgIpc) is 2.40. The number of carbonyl (C=O) groups excluding carboxylic acids is 1. The number of nitrogens with one attached hydrogen (secondary N) is 1. The zero-order chi connectivity index (χ0) is 15.4. The summed E-state index contributed by atoms with van der Waals surface area (Å²) in [6.07, 6.45) is -0.275. The first-order valence-corrected chi connectivity index (χ1v) is 6.03. The molecular formula is C15H11F2NO3. The molecule has 0 radical (unpaired) electrons. The van der Waals surface area contributed by atoms with Gasteiger partial charge < -0.3 is 10.4 Å². The van der Waals surface area contributed by atoms with Crippen LogP contribution in [0.25, 0.3) is 0 Å². The number of hydrogen-bond donors (Lipinski definition) is 2. The summed E-state index contributed by atoms with van der Waals surface area (Å²) < 4.78 is 26.3. The molecule has 2 aromatic carbocycles. The molecule has 0 aliphatic carbocycles. The van der Waals surface area contributed by atoms with Gasteiger partial charge in [0.15, 0.2) is 0 Å². The van der Waals surface area contributed by atoms with E-state index < -0.39 is 23.5 Å². The smallest absolute Gasteiger partial charge is 0.307 e. The van der Waals surface area contributed by atoms with Crippen molar-refractivity contribution in [3.63, 3.8) is 0 Å². The third kappa shape index (κ3) is 3.62. The third-order valence-corrected chi connectivity index (χ3v) is 2.78. The zero-order valence-electron chi connectivity index (χ0n) is 10.8. The van der Waals surface area contributed by atoms with Crippen LogP contribution in [0.3, 0.4) is 0 Å². The molecule has 21 heavy (non-hydrogen) atoms. The normalized spacial score (nSPS) is 10.2. The molecule has 0 saturated heterocycles. The molecule has 4 nitrogen and oxygen atoms in total. The van der Waals surface area contributed by atoms with Crippen molar-refractivity contribution in [1.29, 1.82) is 0 Å². The van der Waals surface area contributed by atoms with Crippen LogP contribution < -0.4 is 5.32 Å². The summed E-state index contributed by atoms with van der Waals surface area (Å²) in [5, 5.41) is 11.2. The molecule has 0 bridgehead atoms. The molecule has 108 valence electrons. The molecule has 6 heteroatoms. The lowest BCUT2D eigenvalue weighted by molar-refractivity contribution is -0.136. The molecule has 0 unspecified atom stereocenters. The number of amides is 1. The second kappa shape index (κ2) is 6.13. The Balaban J connectivity index is 2.25. The number of anilines is 1. The predicted molar refractivity (Wildman–Crippen MR) is 72.1 cm³/mol. The second-order valence-corrected chi connectivity index (χ2v) is 4.31. The Hall–Kier alpha value is -2.76. The number of hydrogen-bond acceptors (Lipinski definition) is 2. The fraction of sp³-hybridized carbons (Fsp3) is 0.0667. The van der Waals surface area contributed by atoms with Crippen LogP contribution in [0.5, 0.6) is 0 Å². The zero-order valence-corrected chi connectivity index (χ0v) is 10.8. The number of aliphatic carboxylic acids is 1. The first-order chi connectivity index (χ1) is 9.97. The highest BCUT2D eigenvalue weighted by Gasteiger charge is 2.14. The summed E-state index contributed by atoms with van der Waals surface area (Å²) in [4.78, 5) is 22.7. The highest BCUT2D eigenvalue weighted by atomic mass is 19.1. The Morgan fingerprint density at radius 2 is 1.81 bits per heavy atom. The van der Waals surface area contributed by atoms with Gasteiger partial charge in [-0.3, -0.25) is 9.59 Å². The molecule has 0 aromatic heterocycles. The minimum Gasteiger partial charge on any atom is -0.481 e.